The first-order valence-electron chi connectivity index (χ1n) is 6.94. The molecule has 0 aliphatic heterocycles. The van der Waals surface area contributed by atoms with Gasteiger partial charge >= 0.3 is 5.97 Å². The van der Waals surface area contributed by atoms with Crippen molar-refractivity contribution >= 4 is 27.6 Å². The topological polar surface area (TPSA) is 60.4 Å². The number of hydrogen-bond acceptors (Lipinski definition) is 5. The van der Waals surface area contributed by atoms with Crippen LogP contribution in [0.3, 0.4) is 0 Å². The summed E-state index contributed by atoms with van der Waals surface area (Å²) >= 11 is 1.65. The van der Waals surface area contributed by atoms with E-state index in [1.54, 1.807) is 36.0 Å². The van der Waals surface area contributed by atoms with Crippen LogP contribution in [-0.4, -0.2) is 26.9 Å². The van der Waals surface area contributed by atoms with Gasteiger partial charge in [-0.15, -0.1) is 11.8 Å². The molecule has 0 unspecified atom stereocenters. The minimum absolute atomic E-state index is 0.0930. The summed E-state index contributed by atoms with van der Waals surface area (Å²) < 4.78 is 27.9. The van der Waals surface area contributed by atoms with E-state index in [1.165, 1.54) is 0 Å². The van der Waals surface area contributed by atoms with E-state index in [4.69, 9.17) is 4.74 Å². The summed E-state index contributed by atoms with van der Waals surface area (Å²) in [5, 5.41) is 0. The van der Waals surface area contributed by atoms with Crippen LogP contribution in [-0.2, 0) is 26.9 Å². The molecule has 0 N–H and O–H groups in total. The van der Waals surface area contributed by atoms with Crippen molar-refractivity contribution < 1.29 is 17.9 Å². The predicted octanol–water partition coefficient (Wildman–Crippen LogP) is 3.31. The molecule has 0 saturated carbocycles. The summed E-state index contributed by atoms with van der Waals surface area (Å²) in [6.07, 6.45) is 3.16. The highest BCUT2D eigenvalue weighted by Gasteiger charge is 2.10. The molecule has 0 atom stereocenters. The van der Waals surface area contributed by atoms with E-state index in [2.05, 4.69) is 0 Å². The standard InChI is InChI=1S/C17H18O4S2/c1-22-16-8-6-13(7-9-16)11-21-17(18)15-5-3-4-14(10-15)12-23(2,19)20/h3-10H,11-12H2,1-2H3. The molecule has 0 aliphatic carbocycles. The van der Waals surface area contributed by atoms with Crippen molar-refractivity contribution in [1.82, 2.24) is 0 Å². The average molecular weight is 350 g/mol. The fourth-order valence-corrected chi connectivity index (χ4v) is 3.24. The van der Waals surface area contributed by atoms with E-state index < -0.39 is 15.8 Å². The number of benzene rings is 2. The highest BCUT2D eigenvalue weighted by molar-refractivity contribution is 7.98. The first-order valence-corrected chi connectivity index (χ1v) is 10.2. The molecule has 0 aromatic heterocycles. The van der Waals surface area contributed by atoms with Gasteiger partial charge in [-0.25, -0.2) is 13.2 Å². The quantitative estimate of drug-likeness (QED) is 0.591. The van der Waals surface area contributed by atoms with Crippen LogP contribution in [0.5, 0.6) is 0 Å². The third-order valence-electron chi connectivity index (χ3n) is 3.12. The molecule has 122 valence electrons. The van der Waals surface area contributed by atoms with E-state index in [1.807, 2.05) is 30.5 Å². The Bertz CT molecular complexity index is 780. The lowest BCUT2D eigenvalue weighted by atomic mass is 10.1. The summed E-state index contributed by atoms with van der Waals surface area (Å²) in [7, 11) is -3.14. The zero-order valence-electron chi connectivity index (χ0n) is 13.0. The number of carbonyl (C=O) groups is 1. The van der Waals surface area contributed by atoms with Crippen LogP contribution in [0.2, 0.25) is 0 Å². The SMILES string of the molecule is CSc1ccc(COC(=O)c2cccc(CS(C)(=O)=O)c2)cc1. The number of esters is 1. The van der Waals surface area contributed by atoms with Crippen molar-refractivity contribution in [2.24, 2.45) is 0 Å². The Morgan fingerprint density at radius 2 is 1.78 bits per heavy atom. The molecule has 23 heavy (non-hydrogen) atoms. The van der Waals surface area contributed by atoms with Gasteiger partial charge in [0, 0.05) is 11.2 Å². The smallest absolute Gasteiger partial charge is 0.338 e. The Morgan fingerprint density at radius 1 is 1.09 bits per heavy atom. The van der Waals surface area contributed by atoms with Gasteiger partial charge in [0.15, 0.2) is 9.84 Å². The van der Waals surface area contributed by atoms with Gasteiger partial charge in [0.2, 0.25) is 0 Å². The van der Waals surface area contributed by atoms with Gasteiger partial charge in [0.1, 0.15) is 6.61 Å². The lowest BCUT2D eigenvalue weighted by molar-refractivity contribution is 0.0472. The Morgan fingerprint density at radius 3 is 2.39 bits per heavy atom. The third-order valence-corrected chi connectivity index (χ3v) is 4.72. The number of thioether (sulfide) groups is 1. The van der Waals surface area contributed by atoms with Crippen LogP contribution in [0.1, 0.15) is 21.5 Å². The first kappa shape index (κ1) is 17.6. The molecule has 0 aliphatic rings. The van der Waals surface area contributed by atoms with Crippen LogP contribution in [0.25, 0.3) is 0 Å². The molecule has 6 heteroatoms. The van der Waals surface area contributed by atoms with Crippen molar-refractivity contribution in [3.63, 3.8) is 0 Å². The van der Waals surface area contributed by atoms with Gasteiger partial charge in [-0.05, 0) is 41.6 Å². The van der Waals surface area contributed by atoms with Gasteiger partial charge in [0.05, 0.1) is 11.3 Å². The van der Waals surface area contributed by atoms with Crippen LogP contribution in [0.4, 0.5) is 0 Å². The van der Waals surface area contributed by atoms with E-state index in [0.29, 0.717) is 11.1 Å². The van der Waals surface area contributed by atoms with E-state index in [0.717, 1.165) is 16.7 Å². The van der Waals surface area contributed by atoms with Gasteiger partial charge < -0.3 is 4.74 Å². The molecule has 0 radical (unpaired) electrons. The summed E-state index contributed by atoms with van der Waals surface area (Å²) in [5.41, 5.74) is 1.83. The monoisotopic (exact) mass is 350 g/mol. The Balaban J connectivity index is 2.01. The maximum absolute atomic E-state index is 12.1. The third kappa shape index (κ3) is 5.73. The zero-order chi connectivity index (χ0) is 16.9. The Labute approximate surface area is 140 Å². The van der Waals surface area contributed by atoms with Gasteiger partial charge in [-0.3, -0.25) is 0 Å². The largest absolute Gasteiger partial charge is 0.457 e. The van der Waals surface area contributed by atoms with Crippen molar-refractivity contribution in [2.45, 2.75) is 17.3 Å². The van der Waals surface area contributed by atoms with E-state index in [9.17, 15) is 13.2 Å². The molecule has 2 rings (SSSR count). The summed E-state index contributed by atoms with van der Waals surface area (Å²) in [6, 6.07) is 14.3. The number of ether oxygens (including phenoxy) is 1. The predicted molar refractivity (Wildman–Crippen MR) is 92.3 cm³/mol. The molecular formula is C17H18O4S2. The van der Waals surface area contributed by atoms with Gasteiger partial charge in [-0.1, -0.05) is 24.3 Å². The molecule has 4 nitrogen and oxygen atoms in total. The van der Waals surface area contributed by atoms with Crippen LogP contribution in [0.15, 0.2) is 53.4 Å². The van der Waals surface area contributed by atoms with Crippen molar-refractivity contribution in [3.05, 3.63) is 65.2 Å². The maximum atomic E-state index is 12.1. The highest BCUT2D eigenvalue weighted by Crippen LogP contribution is 2.16. The highest BCUT2D eigenvalue weighted by atomic mass is 32.2. The summed E-state index contributed by atoms with van der Waals surface area (Å²) in [5.74, 6) is -0.557. The number of rotatable bonds is 6. The average Bonchev–Trinajstić information content (AvgIpc) is 2.51. The van der Waals surface area contributed by atoms with Gasteiger partial charge in [-0.2, -0.15) is 0 Å². The number of sulfone groups is 1. The summed E-state index contributed by atoms with van der Waals surface area (Å²) in [6.45, 7) is 0.184. The van der Waals surface area contributed by atoms with Crippen LogP contribution < -0.4 is 0 Å². The number of carbonyl (C=O) groups excluding carboxylic acids is 1. The molecule has 0 spiro atoms. The molecular weight excluding hydrogens is 332 g/mol. The maximum Gasteiger partial charge on any atom is 0.338 e. The second-order valence-electron chi connectivity index (χ2n) is 5.19. The lowest BCUT2D eigenvalue weighted by Gasteiger charge is -2.07. The number of hydrogen-bond donors (Lipinski definition) is 0. The second-order valence-corrected chi connectivity index (χ2v) is 8.21. The molecule has 0 amide bonds. The van der Waals surface area contributed by atoms with Crippen LogP contribution in [0, 0.1) is 0 Å². The molecule has 0 bridgehead atoms. The van der Waals surface area contributed by atoms with Crippen LogP contribution >= 0.6 is 11.8 Å². The fraction of sp³-hybridized carbons (Fsp3) is 0.235. The molecule has 2 aromatic carbocycles. The summed E-state index contributed by atoms with van der Waals surface area (Å²) in [4.78, 5) is 13.2. The molecule has 0 saturated heterocycles. The van der Waals surface area contributed by atoms with Crippen molar-refractivity contribution in [2.75, 3.05) is 12.5 Å². The molecule has 0 fully saturated rings. The van der Waals surface area contributed by atoms with Gasteiger partial charge in [0.25, 0.3) is 0 Å². The Kier molecular flexibility index (Phi) is 5.85. The normalized spacial score (nSPS) is 11.2. The Hall–Kier alpha value is -1.79. The molecule has 2 aromatic rings. The van der Waals surface area contributed by atoms with E-state index in [-0.39, 0.29) is 12.4 Å². The zero-order valence-corrected chi connectivity index (χ0v) is 14.6. The second kappa shape index (κ2) is 7.66. The minimum Gasteiger partial charge on any atom is -0.457 e. The van der Waals surface area contributed by atoms with E-state index >= 15 is 0 Å². The van der Waals surface area contributed by atoms with Crippen molar-refractivity contribution in [1.29, 1.82) is 0 Å². The first-order chi connectivity index (χ1) is 10.9. The molecule has 0 heterocycles. The minimum atomic E-state index is -3.14. The fourth-order valence-electron chi connectivity index (χ4n) is 2.04. The lowest BCUT2D eigenvalue weighted by Crippen LogP contribution is -2.07. The van der Waals surface area contributed by atoms with Crippen molar-refractivity contribution in [3.8, 4) is 0 Å².